The van der Waals surface area contributed by atoms with E-state index in [1.165, 1.54) is 15.7 Å². The highest BCUT2D eigenvalue weighted by Gasteiger charge is 2.27. The van der Waals surface area contributed by atoms with E-state index in [4.69, 9.17) is 0 Å². The SMILES string of the molecule is O=[N+]([O-])c1c(NCc2nncn2C2CC2)nc2sccn12. The van der Waals surface area contributed by atoms with Crippen LogP contribution >= 0.6 is 11.3 Å². The minimum atomic E-state index is -0.430. The molecule has 0 aliphatic heterocycles. The molecule has 0 spiro atoms. The molecule has 1 N–H and O–H groups in total. The smallest absolute Gasteiger partial charge is 0.358 e. The van der Waals surface area contributed by atoms with Crippen molar-refractivity contribution in [3.05, 3.63) is 33.8 Å². The van der Waals surface area contributed by atoms with E-state index in [0.29, 0.717) is 17.5 Å². The second-order valence-electron chi connectivity index (χ2n) is 4.84. The van der Waals surface area contributed by atoms with E-state index in [2.05, 4.69) is 20.5 Å². The van der Waals surface area contributed by atoms with E-state index in [1.54, 1.807) is 17.9 Å². The maximum absolute atomic E-state index is 11.2. The van der Waals surface area contributed by atoms with Crippen LogP contribution < -0.4 is 5.32 Å². The summed E-state index contributed by atoms with van der Waals surface area (Å²) in [5.74, 6) is 0.976. The lowest BCUT2D eigenvalue weighted by atomic mass is 10.5. The molecule has 3 heterocycles. The minimum Gasteiger partial charge on any atom is -0.358 e. The van der Waals surface area contributed by atoms with E-state index in [1.807, 2.05) is 4.57 Å². The topological polar surface area (TPSA) is 103 Å². The third-order valence-corrected chi connectivity index (χ3v) is 4.17. The summed E-state index contributed by atoms with van der Waals surface area (Å²) in [6.45, 7) is 0.363. The van der Waals surface area contributed by atoms with Crippen molar-refractivity contribution in [3.8, 4) is 0 Å². The van der Waals surface area contributed by atoms with Gasteiger partial charge >= 0.3 is 5.82 Å². The average Bonchev–Trinajstić information content (AvgIpc) is 2.88. The summed E-state index contributed by atoms with van der Waals surface area (Å²) in [6, 6.07) is 0.470. The van der Waals surface area contributed by atoms with Gasteiger partial charge < -0.3 is 20.0 Å². The number of nitrogens with one attached hydrogen (secondary N) is 1. The number of nitro groups is 1. The van der Waals surface area contributed by atoms with Crippen molar-refractivity contribution >= 4 is 27.9 Å². The fraction of sp³-hybridized carbons (Fsp3) is 0.364. The van der Waals surface area contributed by atoms with Gasteiger partial charge in [0.25, 0.3) is 4.96 Å². The summed E-state index contributed by atoms with van der Waals surface area (Å²) < 4.78 is 3.48. The van der Waals surface area contributed by atoms with Crippen molar-refractivity contribution in [2.45, 2.75) is 25.4 Å². The first-order valence-corrected chi connectivity index (χ1v) is 7.34. The van der Waals surface area contributed by atoms with Crippen molar-refractivity contribution in [3.63, 3.8) is 0 Å². The molecule has 1 fully saturated rings. The summed E-state index contributed by atoms with van der Waals surface area (Å²) in [5.41, 5.74) is 0. The molecule has 108 valence electrons. The van der Waals surface area contributed by atoms with Crippen LogP contribution in [0.4, 0.5) is 11.6 Å². The lowest BCUT2D eigenvalue weighted by molar-refractivity contribution is -0.389. The van der Waals surface area contributed by atoms with Crippen molar-refractivity contribution in [2.75, 3.05) is 5.32 Å². The molecule has 0 radical (unpaired) electrons. The summed E-state index contributed by atoms with van der Waals surface area (Å²) in [6.07, 6.45) is 5.61. The molecule has 0 saturated heterocycles. The minimum absolute atomic E-state index is 0.0521. The second kappa shape index (κ2) is 4.52. The van der Waals surface area contributed by atoms with Crippen LogP contribution in [0.25, 0.3) is 4.96 Å². The monoisotopic (exact) mass is 305 g/mol. The summed E-state index contributed by atoms with van der Waals surface area (Å²) in [5, 5.41) is 23.9. The standard InChI is InChI=1S/C11H11N7O2S/c19-18(20)10-9(14-11-16(10)3-4-21-11)12-5-8-15-13-6-17(8)7-1-2-7/h3-4,6-7,12H,1-2,5H2. The van der Waals surface area contributed by atoms with Crippen molar-refractivity contribution in [1.29, 1.82) is 0 Å². The van der Waals surface area contributed by atoms with Crippen LogP contribution in [-0.2, 0) is 6.54 Å². The lowest BCUT2D eigenvalue weighted by Crippen LogP contribution is -2.09. The van der Waals surface area contributed by atoms with E-state index in [9.17, 15) is 10.1 Å². The van der Waals surface area contributed by atoms with Gasteiger partial charge in [0, 0.05) is 11.4 Å². The normalized spacial score (nSPS) is 14.7. The van der Waals surface area contributed by atoms with Crippen LogP contribution in [0, 0.1) is 10.1 Å². The molecule has 9 nitrogen and oxygen atoms in total. The molecule has 1 aliphatic rings. The molecule has 10 heteroatoms. The molecule has 1 aliphatic carbocycles. The average molecular weight is 305 g/mol. The summed E-state index contributed by atoms with van der Waals surface area (Å²) in [7, 11) is 0. The van der Waals surface area contributed by atoms with Gasteiger partial charge in [-0.2, -0.15) is 9.38 Å². The van der Waals surface area contributed by atoms with Crippen LogP contribution in [0.15, 0.2) is 17.9 Å². The lowest BCUT2D eigenvalue weighted by Gasteiger charge is -2.05. The van der Waals surface area contributed by atoms with Crippen LogP contribution in [-0.4, -0.2) is 29.1 Å². The quantitative estimate of drug-likeness (QED) is 0.570. The largest absolute Gasteiger partial charge is 0.372 e. The van der Waals surface area contributed by atoms with Gasteiger partial charge in [-0.25, -0.2) is 0 Å². The fourth-order valence-electron chi connectivity index (χ4n) is 2.28. The molecule has 1 saturated carbocycles. The Morgan fingerprint density at radius 1 is 1.52 bits per heavy atom. The molecule has 3 aromatic rings. The van der Waals surface area contributed by atoms with E-state index in [-0.39, 0.29) is 11.6 Å². The number of rotatable bonds is 5. The molecular weight excluding hydrogens is 294 g/mol. The predicted octanol–water partition coefficient (Wildman–Crippen LogP) is 1.84. The Hall–Kier alpha value is -2.49. The van der Waals surface area contributed by atoms with Gasteiger partial charge in [0.05, 0.1) is 6.54 Å². The van der Waals surface area contributed by atoms with E-state index >= 15 is 0 Å². The number of hydrogen-bond acceptors (Lipinski definition) is 7. The highest BCUT2D eigenvalue weighted by atomic mass is 32.1. The fourth-order valence-corrected chi connectivity index (χ4v) is 2.99. The number of anilines is 1. The molecule has 0 aromatic carbocycles. The van der Waals surface area contributed by atoms with Gasteiger partial charge in [-0.15, -0.1) is 10.2 Å². The Morgan fingerprint density at radius 3 is 3.14 bits per heavy atom. The summed E-state index contributed by atoms with van der Waals surface area (Å²) >= 11 is 1.36. The van der Waals surface area contributed by atoms with Gasteiger partial charge in [-0.3, -0.25) is 0 Å². The zero-order chi connectivity index (χ0) is 14.4. The Morgan fingerprint density at radius 2 is 2.38 bits per heavy atom. The second-order valence-corrected chi connectivity index (χ2v) is 5.71. The third-order valence-electron chi connectivity index (χ3n) is 3.41. The first-order chi connectivity index (χ1) is 10.2. The number of imidazole rings is 1. The number of nitrogens with zero attached hydrogens (tertiary/aromatic N) is 6. The Bertz CT molecular complexity index is 816. The van der Waals surface area contributed by atoms with Gasteiger partial charge in [-0.1, -0.05) is 11.3 Å². The maximum Gasteiger partial charge on any atom is 0.372 e. The van der Waals surface area contributed by atoms with Crippen LogP contribution in [0.1, 0.15) is 24.7 Å². The van der Waals surface area contributed by atoms with E-state index in [0.717, 1.165) is 18.7 Å². The van der Waals surface area contributed by atoms with Crippen LogP contribution in [0.3, 0.4) is 0 Å². The maximum atomic E-state index is 11.2. The Balaban J connectivity index is 1.62. The molecule has 0 unspecified atom stereocenters. The highest BCUT2D eigenvalue weighted by Crippen LogP contribution is 2.35. The Kier molecular flexibility index (Phi) is 2.64. The predicted molar refractivity (Wildman–Crippen MR) is 75.3 cm³/mol. The molecular formula is C11H11N7O2S. The van der Waals surface area contributed by atoms with Gasteiger partial charge in [0.1, 0.15) is 12.5 Å². The zero-order valence-corrected chi connectivity index (χ0v) is 11.7. The zero-order valence-electron chi connectivity index (χ0n) is 10.8. The number of hydrogen-bond donors (Lipinski definition) is 1. The first kappa shape index (κ1) is 12.3. The molecule has 21 heavy (non-hydrogen) atoms. The first-order valence-electron chi connectivity index (χ1n) is 6.46. The third kappa shape index (κ3) is 2.03. The number of aromatic nitrogens is 5. The van der Waals surface area contributed by atoms with Crippen molar-refractivity contribution < 1.29 is 4.92 Å². The van der Waals surface area contributed by atoms with Crippen molar-refractivity contribution in [2.24, 2.45) is 0 Å². The van der Waals surface area contributed by atoms with Crippen molar-refractivity contribution in [1.82, 2.24) is 24.1 Å². The van der Waals surface area contributed by atoms with E-state index < -0.39 is 4.92 Å². The molecule has 3 aromatic heterocycles. The van der Waals surface area contributed by atoms with Gasteiger partial charge in [-0.05, 0) is 17.8 Å². The molecule has 0 amide bonds. The van der Waals surface area contributed by atoms with Gasteiger partial charge in [0.15, 0.2) is 5.82 Å². The molecule has 0 bridgehead atoms. The van der Waals surface area contributed by atoms with Gasteiger partial charge in [0.2, 0.25) is 5.82 Å². The highest BCUT2D eigenvalue weighted by molar-refractivity contribution is 7.15. The Labute approximate surface area is 122 Å². The van der Waals surface area contributed by atoms with Crippen LogP contribution in [0.5, 0.6) is 0 Å². The number of thiazole rings is 1. The molecule has 0 atom stereocenters. The number of fused-ring (bicyclic) bond motifs is 1. The van der Waals surface area contributed by atoms with Crippen LogP contribution in [0.2, 0.25) is 0 Å². The summed E-state index contributed by atoms with van der Waals surface area (Å²) in [4.78, 5) is 15.6. The molecule has 4 rings (SSSR count).